The van der Waals surface area contributed by atoms with Gasteiger partial charge in [0.25, 0.3) is 7.82 Å². The minimum Gasteiger partial charge on any atom is -0.756 e. The first-order chi connectivity index (χ1) is 25.0. The van der Waals surface area contributed by atoms with Crippen LogP contribution in [0.4, 0.5) is 0 Å². The molecule has 9 nitrogen and oxygen atoms in total. The van der Waals surface area contributed by atoms with Gasteiger partial charge in [0.1, 0.15) is 19.8 Å². The Balaban J connectivity index is 4.36. The van der Waals surface area contributed by atoms with Gasteiger partial charge in [0, 0.05) is 12.8 Å². The molecule has 52 heavy (non-hydrogen) atoms. The Labute approximate surface area is 320 Å². The number of carbonyl (C=O) groups is 2. The summed E-state index contributed by atoms with van der Waals surface area (Å²) in [5.41, 5.74) is 0. The van der Waals surface area contributed by atoms with Gasteiger partial charge in [-0.3, -0.25) is 14.2 Å². The summed E-state index contributed by atoms with van der Waals surface area (Å²) in [6.45, 7) is 4.21. The number of phosphoric ester groups is 1. The minimum atomic E-state index is -4.62. The average Bonchev–Trinajstić information content (AvgIpc) is 3.09. The van der Waals surface area contributed by atoms with E-state index in [1.165, 1.54) is 109 Å². The van der Waals surface area contributed by atoms with E-state index in [0.717, 1.165) is 51.4 Å². The summed E-state index contributed by atoms with van der Waals surface area (Å²) in [4.78, 5) is 37.4. The van der Waals surface area contributed by atoms with Crippen molar-refractivity contribution in [3.05, 3.63) is 12.2 Å². The number of rotatable bonds is 39. The number of quaternary nitrogens is 1. The molecule has 0 radical (unpaired) electrons. The molecule has 0 aromatic rings. The zero-order chi connectivity index (χ0) is 38.6. The maximum absolute atomic E-state index is 12.6. The van der Waals surface area contributed by atoms with Gasteiger partial charge in [-0.15, -0.1) is 0 Å². The zero-order valence-electron chi connectivity index (χ0n) is 34.5. The Bertz CT molecular complexity index is 907. The highest BCUT2D eigenvalue weighted by Crippen LogP contribution is 2.38. The van der Waals surface area contributed by atoms with Crippen molar-refractivity contribution in [2.24, 2.45) is 0 Å². The zero-order valence-corrected chi connectivity index (χ0v) is 35.4. The number of carbonyl (C=O) groups excluding carboxylic acids is 2. The number of phosphoric acid groups is 1. The monoisotopic (exact) mass is 760 g/mol. The van der Waals surface area contributed by atoms with Gasteiger partial charge in [-0.05, 0) is 38.5 Å². The van der Waals surface area contributed by atoms with Gasteiger partial charge >= 0.3 is 11.9 Å². The molecule has 0 aliphatic rings. The third-order valence-electron chi connectivity index (χ3n) is 9.29. The minimum absolute atomic E-state index is 0.0295. The Kier molecular flexibility index (Phi) is 34.6. The van der Waals surface area contributed by atoms with E-state index in [4.69, 9.17) is 18.5 Å². The highest BCUT2D eigenvalue weighted by Gasteiger charge is 2.21. The van der Waals surface area contributed by atoms with Crippen molar-refractivity contribution in [1.29, 1.82) is 0 Å². The summed E-state index contributed by atoms with van der Waals surface area (Å²) >= 11 is 0. The lowest BCUT2D eigenvalue weighted by Crippen LogP contribution is -2.37. The summed E-state index contributed by atoms with van der Waals surface area (Å²) in [7, 11) is 1.17. The van der Waals surface area contributed by atoms with Crippen LogP contribution in [0.5, 0.6) is 0 Å². The molecule has 0 bridgehead atoms. The molecule has 0 rings (SSSR count). The van der Waals surface area contributed by atoms with Crippen LogP contribution in [0.2, 0.25) is 0 Å². The lowest BCUT2D eigenvalue weighted by Gasteiger charge is -2.28. The Morgan fingerprint density at radius 2 is 0.981 bits per heavy atom. The fourth-order valence-electron chi connectivity index (χ4n) is 5.88. The van der Waals surface area contributed by atoms with Crippen molar-refractivity contribution < 1.29 is 42.1 Å². The fourth-order valence-corrected chi connectivity index (χ4v) is 6.61. The number of allylic oxidation sites excluding steroid dienone is 2. The predicted molar refractivity (Wildman–Crippen MR) is 213 cm³/mol. The van der Waals surface area contributed by atoms with E-state index in [9.17, 15) is 19.0 Å². The summed E-state index contributed by atoms with van der Waals surface area (Å²) in [6, 6.07) is 0. The molecule has 0 aromatic carbocycles. The average molecular weight is 760 g/mol. The Morgan fingerprint density at radius 3 is 1.44 bits per heavy atom. The predicted octanol–water partition coefficient (Wildman–Crippen LogP) is 11.2. The van der Waals surface area contributed by atoms with Crippen LogP contribution in [0, 0.1) is 0 Å². The summed E-state index contributed by atoms with van der Waals surface area (Å²) in [6.07, 6.45) is 35.2. The maximum atomic E-state index is 12.6. The van der Waals surface area contributed by atoms with Gasteiger partial charge in [-0.1, -0.05) is 154 Å². The Morgan fingerprint density at radius 1 is 0.577 bits per heavy atom. The molecule has 1 unspecified atom stereocenters. The molecule has 0 aliphatic heterocycles. The molecule has 0 fully saturated rings. The molecule has 0 amide bonds. The van der Waals surface area contributed by atoms with Crippen molar-refractivity contribution in [2.75, 3.05) is 47.5 Å². The van der Waals surface area contributed by atoms with Gasteiger partial charge in [0.15, 0.2) is 6.10 Å². The fraction of sp³-hybridized carbons (Fsp3) is 0.905. The van der Waals surface area contributed by atoms with Crippen LogP contribution in [0.1, 0.15) is 194 Å². The number of esters is 2. The smallest absolute Gasteiger partial charge is 0.306 e. The second-order valence-corrected chi connectivity index (χ2v) is 17.1. The summed E-state index contributed by atoms with van der Waals surface area (Å²) in [5, 5.41) is 0. The lowest BCUT2D eigenvalue weighted by atomic mass is 10.0. The number of nitrogens with zero attached hydrogens (tertiary/aromatic N) is 1. The van der Waals surface area contributed by atoms with Gasteiger partial charge in [0.05, 0.1) is 27.7 Å². The number of unbranched alkanes of at least 4 members (excludes halogenated alkanes) is 23. The molecule has 308 valence electrons. The largest absolute Gasteiger partial charge is 0.756 e. The molecule has 10 heteroatoms. The number of ether oxygens (including phenoxy) is 2. The molecular weight excluding hydrogens is 677 g/mol. The van der Waals surface area contributed by atoms with Gasteiger partial charge in [0.2, 0.25) is 0 Å². The van der Waals surface area contributed by atoms with Crippen LogP contribution in [-0.2, 0) is 32.7 Å². The highest BCUT2D eigenvalue weighted by molar-refractivity contribution is 7.45. The summed E-state index contributed by atoms with van der Waals surface area (Å²) < 4.78 is 33.8. The first kappa shape index (κ1) is 50.8. The van der Waals surface area contributed by atoms with E-state index in [1.807, 2.05) is 21.1 Å². The quantitative estimate of drug-likeness (QED) is 0.0200. The summed E-state index contributed by atoms with van der Waals surface area (Å²) in [5.74, 6) is -0.837. The van der Waals surface area contributed by atoms with Crippen LogP contribution in [-0.4, -0.2) is 70.0 Å². The van der Waals surface area contributed by atoms with E-state index in [0.29, 0.717) is 17.4 Å². The van der Waals surface area contributed by atoms with Gasteiger partial charge in [-0.25, -0.2) is 0 Å². The molecule has 0 aromatic heterocycles. The van der Waals surface area contributed by atoms with E-state index < -0.39 is 26.5 Å². The second kappa shape index (κ2) is 35.5. The highest BCUT2D eigenvalue weighted by atomic mass is 31.2. The van der Waals surface area contributed by atoms with Crippen LogP contribution in [0.3, 0.4) is 0 Å². The van der Waals surface area contributed by atoms with E-state index in [-0.39, 0.29) is 32.0 Å². The topological polar surface area (TPSA) is 111 Å². The van der Waals surface area contributed by atoms with Crippen LogP contribution < -0.4 is 4.89 Å². The normalized spacial score (nSPS) is 13.7. The molecule has 2 atom stereocenters. The van der Waals surface area contributed by atoms with Crippen LogP contribution in [0.15, 0.2) is 12.2 Å². The van der Waals surface area contributed by atoms with Crippen LogP contribution in [0.25, 0.3) is 0 Å². The van der Waals surface area contributed by atoms with Crippen molar-refractivity contribution in [1.82, 2.24) is 0 Å². The SMILES string of the molecule is CCCCCC/C=C\CCCCCCCC(=O)O[C@H](COC(=O)CCCCCCCCCCCCCCCCC)COP(=O)([O-])OCC[N+](C)(C)C. The van der Waals surface area contributed by atoms with Crippen molar-refractivity contribution in [2.45, 2.75) is 200 Å². The van der Waals surface area contributed by atoms with Gasteiger partial charge < -0.3 is 27.9 Å². The maximum Gasteiger partial charge on any atom is 0.306 e. The third-order valence-corrected chi connectivity index (χ3v) is 10.2. The second-order valence-electron chi connectivity index (χ2n) is 15.7. The Hall–Kier alpha value is -1.25. The molecule has 0 spiro atoms. The molecule has 0 heterocycles. The molecule has 0 aliphatic carbocycles. The van der Waals surface area contributed by atoms with E-state index >= 15 is 0 Å². The van der Waals surface area contributed by atoms with Crippen LogP contribution >= 0.6 is 7.82 Å². The van der Waals surface area contributed by atoms with Crippen molar-refractivity contribution in [3.63, 3.8) is 0 Å². The van der Waals surface area contributed by atoms with Gasteiger partial charge in [-0.2, -0.15) is 0 Å². The molecule has 0 saturated carbocycles. The molecular formula is C42H82NO8P. The molecule has 0 N–H and O–H groups in total. The third kappa shape index (κ3) is 38.5. The number of hydrogen-bond acceptors (Lipinski definition) is 8. The van der Waals surface area contributed by atoms with E-state index in [2.05, 4.69) is 26.0 Å². The van der Waals surface area contributed by atoms with Crippen molar-refractivity contribution in [3.8, 4) is 0 Å². The number of hydrogen-bond donors (Lipinski definition) is 0. The van der Waals surface area contributed by atoms with Crippen molar-refractivity contribution >= 4 is 19.8 Å². The molecule has 0 saturated heterocycles. The first-order valence-corrected chi connectivity index (χ1v) is 22.9. The van der Waals surface area contributed by atoms with E-state index in [1.54, 1.807) is 0 Å². The number of likely N-dealkylation sites (N-methyl/N-ethyl adjacent to an activating group) is 1. The standard InChI is InChI=1S/C42H82NO8P/c1-6-8-10-12-14-16-18-20-21-23-24-26-28-30-32-34-41(44)48-38-40(39-50-52(46,47)49-37-36-43(3,4)5)51-42(45)35-33-31-29-27-25-22-19-17-15-13-11-9-7-2/h17,19,40H,6-16,18,20-39H2,1-5H3/b19-17-/t40-/m1/s1. The first-order valence-electron chi connectivity index (χ1n) is 21.4. The lowest BCUT2D eigenvalue weighted by molar-refractivity contribution is -0.870.